The smallest absolute Gasteiger partial charge is 0.0661 e. The highest BCUT2D eigenvalue weighted by molar-refractivity contribution is 5.76. The number of anilines is 2. The van der Waals surface area contributed by atoms with E-state index in [-0.39, 0.29) is 0 Å². The van der Waals surface area contributed by atoms with Crippen LogP contribution in [0.2, 0.25) is 0 Å². The van der Waals surface area contributed by atoms with Crippen LogP contribution in [0.5, 0.6) is 0 Å². The highest BCUT2D eigenvalue weighted by Gasteiger charge is 2.44. The molecule has 0 saturated heterocycles. The van der Waals surface area contributed by atoms with Gasteiger partial charge in [-0.05, 0) is 109 Å². The van der Waals surface area contributed by atoms with E-state index >= 15 is 0 Å². The molecule has 0 amide bonds. The summed E-state index contributed by atoms with van der Waals surface area (Å²) in [6.45, 7) is 0. The Morgan fingerprint density at radius 1 is 0.750 bits per heavy atom. The molecule has 0 saturated carbocycles. The first kappa shape index (κ1) is 26.1. The zero-order valence-corrected chi connectivity index (χ0v) is 25.4. The lowest BCUT2D eigenvalue weighted by Crippen LogP contribution is -2.37. The molecule has 1 aliphatic heterocycles. The monoisotopic (exact) mass is 572 g/mol. The average molecular weight is 573 g/mol. The fourth-order valence-corrected chi connectivity index (χ4v) is 8.97. The predicted octanol–water partition coefficient (Wildman–Crippen LogP) is 10.0. The lowest BCUT2D eigenvalue weighted by atomic mass is 9.74. The Balaban J connectivity index is 1.06. The van der Waals surface area contributed by atoms with E-state index in [0.29, 0.717) is 23.8 Å². The van der Waals surface area contributed by atoms with E-state index in [1.54, 1.807) is 22.5 Å². The van der Waals surface area contributed by atoms with E-state index in [0.717, 1.165) is 32.1 Å². The molecule has 1 aromatic heterocycles. The summed E-state index contributed by atoms with van der Waals surface area (Å²) >= 11 is 0. The van der Waals surface area contributed by atoms with Crippen molar-refractivity contribution in [2.24, 2.45) is 11.8 Å². The van der Waals surface area contributed by atoms with Crippen LogP contribution >= 0.6 is 0 Å². The van der Waals surface area contributed by atoms with Crippen molar-refractivity contribution >= 4 is 23.1 Å². The van der Waals surface area contributed by atoms with Gasteiger partial charge in [-0.1, -0.05) is 97.2 Å². The number of hydrogen-bond donors (Lipinski definition) is 0. The second-order valence-corrected chi connectivity index (χ2v) is 13.3. The maximum atomic E-state index is 2.68. The van der Waals surface area contributed by atoms with Gasteiger partial charge in [0.1, 0.15) is 0 Å². The molecular weight excluding hydrogens is 532 g/mol. The molecule has 3 aromatic rings. The van der Waals surface area contributed by atoms with Crippen molar-refractivity contribution in [1.29, 1.82) is 0 Å². The van der Waals surface area contributed by atoms with E-state index in [1.165, 1.54) is 53.0 Å². The van der Waals surface area contributed by atoms with E-state index in [9.17, 15) is 0 Å². The largest absolute Gasteiger partial charge is 0.333 e. The Labute approximate surface area is 261 Å². The first-order valence-corrected chi connectivity index (χ1v) is 16.8. The number of aromatic nitrogens is 1. The predicted molar refractivity (Wildman–Crippen MR) is 184 cm³/mol. The van der Waals surface area contributed by atoms with E-state index < -0.39 is 0 Å². The normalized spacial score (nSPS) is 26.4. The summed E-state index contributed by atoms with van der Waals surface area (Å²) in [5.41, 5.74) is 14.9. The second kappa shape index (κ2) is 10.7. The van der Waals surface area contributed by atoms with Crippen molar-refractivity contribution in [2.45, 2.75) is 63.3 Å². The number of allylic oxidation sites excluding steroid dienone is 11. The highest BCUT2D eigenvalue weighted by atomic mass is 15.2. The Kier molecular flexibility index (Phi) is 6.35. The van der Waals surface area contributed by atoms with Crippen LogP contribution in [0.1, 0.15) is 66.1 Å². The number of nitrogens with zero attached hydrogens (tertiary/aromatic N) is 2. The molecule has 4 unspecified atom stereocenters. The van der Waals surface area contributed by atoms with Gasteiger partial charge in [-0.15, -0.1) is 0 Å². The Bertz CT molecular complexity index is 1840. The van der Waals surface area contributed by atoms with Crippen molar-refractivity contribution in [3.8, 4) is 0 Å². The average Bonchev–Trinajstić information content (AvgIpc) is 3.62. The van der Waals surface area contributed by atoms with E-state index in [2.05, 4.69) is 131 Å². The van der Waals surface area contributed by atoms with Gasteiger partial charge in [0.15, 0.2) is 0 Å². The molecule has 2 nitrogen and oxygen atoms in total. The molecular formula is C42H40N2. The highest BCUT2D eigenvalue weighted by Crippen LogP contribution is 2.52. The summed E-state index contributed by atoms with van der Waals surface area (Å²) in [6, 6.07) is 20.5. The van der Waals surface area contributed by atoms with Gasteiger partial charge in [0.05, 0.1) is 6.04 Å². The summed E-state index contributed by atoms with van der Waals surface area (Å²) in [7, 11) is 0. The molecule has 5 aliphatic carbocycles. The van der Waals surface area contributed by atoms with E-state index in [4.69, 9.17) is 0 Å². The minimum absolute atomic E-state index is 0.337. The maximum Gasteiger partial charge on any atom is 0.0661 e. The molecule has 44 heavy (non-hydrogen) atoms. The molecule has 2 heterocycles. The quantitative estimate of drug-likeness (QED) is 0.302. The van der Waals surface area contributed by atoms with Gasteiger partial charge >= 0.3 is 0 Å². The molecule has 0 N–H and O–H groups in total. The molecule has 6 aliphatic rings. The molecule has 2 heteroatoms. The van der Waals surface area contributed by atoms with Crippen molar-refractivity contribution in [1.82, 2.24) is 4.57 Å². The first-order chi connectivity index (χ1) is 21.8. The van der Waals surface area contributed by atoms with Gasteiger partial charge in [0.25, 0.3) is 0 Å². The Hall–Kier alpha value is -4.30. The van der Waals surface area contributed by atoms with Gasteiger partial charge in [0, 0.05) is 40.3 Å². The summed E-state index contributed by atoms with van der Waals surface area (Å²) in [4.78, 5) is 2.64. The molecule has 9 rings (SSSR count). The summed E-state index contributed by atoms with van der Waals surface area (Å²) < 4.78 is 2.68. The van der Waals surface area contributed by atoms with Crippen LogP contribution in [0.25, 0.3) is 11.8 Å². The van der Waals surface area contributed by atoms with Gasteiger partial charge < -0.3 is 9.47 Å². The van der Waals surface area contributed by atoms with Crippen LogP contribution in [-0.2, 0) is 19.3 Å². The minimum Gasteiger partial charge on any atom is -0.333 e. The van der Waals surface area contributed by atoms with Crippen LogP contribution in [0.3, 0.4) is 0 Å². The Morgan fingerprint density at radius 3 is 2.50 bits per heavy atom. The zero-order chi connectivity index (χ0) is 29.0. The number of rotatable bonds is 4. The number of para-hydroxylation sites is 2. The lowest BCUT2D eigenvalue weighted by Gasteiger charge is -2.38. The zero-order valence-electron chi connectivity index (χ0n) is 25.4. The van der Waals surface area contributed by atoms with Crippen molar-refractivity contribution in [2.75, 3.05) is 4.90 Å². The molecule has 0 bridgehead atoms. The van der Waals surface area contributed by atoms with Gasteiger partial charge in [0.2, 0.25) is 0 Å². The fraction of sp³-hybridized carbons (Fsp3) is 0.286. The first-order valence-electron chi connectivity index (χ1n) is 16.8. The number of hydrogen-bond acceptors (Lipinski definition) is 1. The Morgan fingerprint density at radius 2 is 1.64 bits per heavy atom. The summed E-state index contributed by atoms with van der Waals surface area (Å²) in [5.74, 6) is 1.45. The van der Waals surface area contributed by atoms with Crippen LogP contribution in [0.15, 0.2) is 127 Å². The van der Waals surface area contributed by atoms with Crippen molar-refractivity contribution in [3.05, 3.63) is 155 Å². The molecule has 0 radical (unpaired) electrons. The molecule has 0 fully saturated rings. The van der Waals surface area contributed by atoms with Crippen molar-refractivity contribution < 1.29 is 0 Å². The standard InChI is InChI=1S/C42H40N2/c1-3-12-29(13-4-1)30-22-25-33(26-23-30)43-39-20-9-8-17-36(39)38-28-31(24-27-41(38)43)34-18-11-19-37-35-16-7-10-21-40(35)44(42(34)37)32-14-5-2-6-15-32/h2-3,5-8,10-19,21-22,25-26,30-31,37,42H,1,4,9,20,23-24,27-28H2. The maximum absolute atomic E-state index is 2.68. The van der Waals surface area contributed by atoms with Gasteiger partial charge in [-0.2, -0.15) is 0 Å². The summed E-state index contributed by atoms with van der Waals surface area (Å²) in [6.07, 6.45) is 35.9. The fourth-order valence-electron chi connectivity index (χ4n) is 8.97. The summed E-state index contributed by atoms with van der Waals surface area (Å²) in [5, 5.41) is 0. The van der Waals surface area contributed by atoms with E-state index in [1.807, 2.05) is 0 Å². The lowest BCUT2D eigenvalue weighted by molar-refractivity contribution is 0.476. The molecule has 218 valence electrons. The van der Waals surface area contributed by atoms with Crippen LogP contribution in [-0.4, -0.2) is 10.6 Å². The van der Waals surface area contributed by atoms with Crippen molar-refractivity contribution in [3.63, 3.8) is 0 Å². The molecule has 0 spiro atoms. The molecule has 4 atom stereocenters. The topological polar surface area (TPSA) is 8.17 Å². The third-order valence-corrected chi connectivity index (χ3v) is 11.0. The molecule has 2 aromatic carbocycles. The van der Waals surface area contributed by atoms with Crippen LogP contribution in [0, 0.1) is 11.8 Å². The third kappa shape index (κ3) is 4.14. The van der Waals surface area contributed by atoms with Crippen LogP contribution < -0.4 is 4.90 Å². The number of fused-ring (bicyclic) bond motifs is 6. The minimum atomic E-state index is 0.337. The van der Waals surface area contributed by atoms with Crippen LogP contribution in [0.4, 0.5) is 11.4 Å². The SMILES string of the molecule is C1=CC2c3ccccc3N(c3ccccc3)C2C(C2CCc3c(c4c(n3C3=CCC(C5=CCCC=C5)C=C3)CCC=C4)C2)=C1. The second-order valence-electron chi connectivity index (χ2n) is 13.3. The van der Waals surface area contributed by atoms with Gasteiger partial charge in [-0.25, -0.2) is 0 Å². The van der Waals surface area contributed by atoms with Gasteiger partial charge in [-0.3, -0.25) is 0 Å². The third-order valence-electron chi connectivity index (χ3n) is 11.0. The number of benzene rings is 2.